The van der Waals surface area contributed by atoms with Gasteiger partial charge in [0.25, 0.3) is 0 Å². The summed E-state index contributed by atoms with van der Waals surface area (Å²) < 4.78 is 2.31. The van der Waals surface area contributed by atoms with Gasteiger partial charge < -0.3 is 0 Å². The third-order valence-corrected chi connectivity index (χ3v) is 3.01. The van der Waals surface area contributed by atoms with E-state index in [-0.39, 0.29) is 0 Å². The van der Waals surface area contributed by atoms with Gasteiger partial charge in [-0.05, 0) is 0 Å². The Morgan fingerprint density at radius 1 is 1.30 bits per heavy atom. The van der Waals surface area contributed by atoms with Crippen molar-refractivity contribution in [2.75, 3.05) is 0 Å². The fraction of sp³-hybridized carbons (Fsp3) is 0.111. The predicted octanol–water partition coefficient (Wildman–Crippen LogP) is 2.22. The van der Waals surface area contributed by atoms with E-state index in [1.807, 2.05) is 6.07 Å². The first kappa shape index (κ1) is 8.69. The van der Waals surface area contributed by atoms with E-state index in [2.05, 4.69) is 31.4 Å². The molecule has 0 atom stereocenters. The molecule has 0 spiro atoms. The normalized spacial score (nSPS) is 11.7. The van der Waals surface area contributed by atoms with Crippen molar-refractivity contribution in [2.45, 2.75) is 6.92 Å². The summed E-state index contributed by atoms with van der Waals surface area (Å²) in [6, 6.07) is 10.5. The summed E-state index contributed by atoms with van der Waals surface area (Å²) in [6.45, 7) is 2.17. The van der Waals surface area contributed by atoms with Gasteiger partial charge >= 0.3 is 97.5 Å². The van der Waals surface area contributed by atoms with Gasteiger partial charge in [-0.2, -0.15) is 0 Å². The van der Waals surface area contributed by atoms with Crippen molar-refractivity contribution in [3.8, 4) is 0 Å². The van der Waals surface area contributed by atoms with Crippen LogP contribution in [0, 0.1) is 0 Å². The average molecular weight is 156 g/mol. The molecule has 0 aromatic heterocycles. The molecule has 0 unspecified atom stereocenters. The van der Waals surface area contributed by atoms with E-state index in [9.17, 15) is 0 Å². The van der Waals surface area contributed by atoms with Gasteiger partial charge in [0, 0.05) is 0 Å². The van der Waals surface area contributed by atoms with Crippen LogP contribution in [-0.4, -0.2) is 49.0 Å². The van der Waals surface area contributed by atoms with Crippen LogP contribution in [0.15, 0.2) is 30.5 Å². The molecule has 0 nitrogen and oxygen atoms in total. The molecule has 0 aliphatic rings. The van der Waals surface area contributed by atoms with E-state index in [0.717, 1.165) is 49.0 Å². The third-order valence-electron chi connectivity index (χ3n) is 1.66. The van der Waals surface area contributed by atoms with Gasteiger partial charge in [0.1, 0.15) is 0 Å². The number of benzene rings is 1. The van der Waals surface area contributed by atoms with Crippen molar-refractivity contribution in [1.82, 2.24) is 0 Å². The second-order valence-electron chi connectivity index (χ2n) is 2.34. The average Bonchev–Trinajstić information content (AvgIpc) is 2.05. The molecule has 46 valence electrons. The van der Waals surface area contributed by atoms with Gasteiger partial charge in [-0.25, -0.2) is 0 Å². The van der Waals surface area contributed by atoms with Gasteiger partial charge in [-0.1, -0.05) is 0 Å². The summed E-state index contributed by atoms with van der Waals surface area (Å²) in [6.07, 6.45) is 0. The van der Waals surface area contributed by atoms with Crippen LogP contribution in [0.2, 0.25) is 0 Å². The Labute approximate surface area is 95.9 Å². The van der Waals surface area contributed by atoms with E-state index < -0.39 is 0 Å². The molecule has 0 bridgehead atoms. The van der Waals surface area contributed by atoms with E-state index in [4.69, 9.17) is 0 Å². The van der Waals surface area contributed by atoms with Crippen LogP contribution in [0.25, 0.3) is 5.57 Å². The van der Waals surface area contributed by atoms with Gasteiger partial charge in [-0.15, -0.1) is 0 Å². The van der Waals surface area contributed by atoms with Gasteiger partial charge in [-0.3, -0.25) is 0 Å². The van der Waals surface area contributed by atoms with E-state index in [0.29, 0.717) is 0 Å². The summed E-state index contributed by atoms with van der Waals surface area (Å²) in [5.74, 6) is 0. The summed E-state index contributed by atoms with van der Waals surface area (Å²) in [7, 11) is 0. The summed E-state index contributed by atoms with van der Waals surface area (Å²) >= 11 is 0.826. The predicted molar refractivity (Wildman–Crippen MR) is 45.8 cm³/mol. The maximum atomic E-state index is 2.31. The standard InChI is InChI=1S/C9H9.K/c1-8(2)9-6-4-3-5-7-9;/h1,3-7H,2H3;. The van der Waals surface area contributed by atoms with Crippen LogP contribution in [0.4, 0.5) is 0 Å². The quantitative estimate of drug-likeness (QED) is 0.547. The van der Waals surface area contributed by atoms with Crippen molar-refractivity contribution in [1.29, 1.82) is 0 Å². The molecule has 0 amide bonds. The monoisotopic (exact) mass is 156 g/mol. The zero-order chi connectivity index (χ0) is 7.40. The fourth-order valence-corrected chi connectivity index (χ4v) is 1.39. The molecule has 0 fully saturated rings. The molecular weight excluding hydrogens is 147 g/mol. The molecule has 0 aliphatic carbocycles. The van der Waals surface area contributed by atoms with Crippen molar-refractivity contribution in [2.24, 2.45) is 0 Å². The van der Waals surface area contributed by atoms with Crippen molar-refractivity contribution in [3.05, 3.63) is 36.1 Å². The first-order valence-electron chi connectivity index (χ1n) is 3.53. The third kappa shape index (κ3) is 2.33. The zero-order valence-electron chi connectivity index (χ0n) is 6.46. The minimum absolute atomic E-state index is 0.826. The van der Waals surface area contributed by atoms with Gasteiger partial charge in [0.05, 0.1) is 0 Å². The topological polar surface area (TPSA) is 0 Å². The van der Waals surface area contributed by atoms with Crippen LogP contribution >= 0.6 is 0 Å². The number of allylic oxidation sites excluding steroid dienone is 1. The van der Waals surface area contributed by atoms with Crippen LogP contribution in [0.5, 0.6) is 0 Å². The molecule has 0 N–H and O–H groups in total. The molecule has 1 aromatic carbocycles. The molecule has 0 aliphatic heterocycles. The van der Waals surface area contributed by atoms with Gasteiger partial charge in [0.2, 0.25) is 0 Å². The Balaban J connectivity index is 2.96. The summed E-state index contributed by atoms with van der Waals surface area (Å²) in [4.78, 5) is 0. The second kappa shape index (κ2) is 4.47. The van der Waals surface area contributed by atoms with Crippen molar-refractivity contribution in [3.63, 3.8) is 0 Å². The molecule has 0 saturated carbocycles. The Bertz CT molecular complexity index is 224. The van der Waals surface area contributed by atoms with Crippen LogP contribution in [0.3, 0.4) is 0 Å². The van der Waals surface area contributed by atoms with E-state index in [1.165, 1.54) is 11.1 Å². The summed E-state index contributed by atoms with van der Waals surface area (Å²) in [5, 5.41) is 0. The van der Waals surface area contributed by atoms with E-state index in [1.54, 1.807) is 0 Å². The Kier molecular flexibility index (Phi) is 3.88. The fourth-order valence-electron chi connectivity index (χ4n) is 0.868. The molecule has 0 saturated heterocycles. The number of hydrogen-bond donors (Lipinski definition) is 0. The van der Waals surface area contributed by atoms with Gasteiger partial charge in [0.15, 0.2) is 0 Å². The first-order valence-corrected chi connectivity index (χ1v) is 5.33. The Morgan fingerprint density at radius 2 is 1.90 bits per heavy atom. The van der Waals surface area contributed by atoms with Crippen molar-refractivity contribution < 1.29 is 0 Å². The Morgan fingerprint density at radius 3 is 2.40 bits per heavy atom. The molecule has 0 radical (unpaired) electrons. The first-order chi connectivity index (χ1) is 4.84. The number of rotatable bonds is 1. The maximum absolute atomic E-state index is 2.31. The summed E-state index contributed by atoms with van der Waals surface area (Å²) in [5.41, 5.74) is 2.77. The van der Waals surface area contributed by atoms with Crippen molar-refractivity contribution >= 4 is 54.5 Å². The molecular formula is C9H9K. The molecule has 10 heavy (non-hydrogen) atoms. The van der Waals surface area contributed by atoms with E-state index >= 15 is 0 Å². The molecule has 1 rings (SSSR count). The number of hydrogen-bond acceptors (Lipinski definition) is 0. The molecule has 0 heterocycles. The molecule has 1 heteroatoms. The SMILES string of the molecule is CC(=[CH][K])c1ccccc1. The zero-order valence-corrected chi connectivity index (χ0v) is 9.59. The van der Waals surface area contributed by atoms with Crippen LogP contribution < -0.4 is 0 Å². The molecule has 1 aromatic rings. The van der Waals surface area contributed by atoms with Crippen LogP contribution in [0.1, 0.15) is 12.5 Å². The van der Waals surface area contributed by atoms with Crippen LogP contribution in [-0.2, 0) is 0 Å². The Hall–Kier alpha value is 0.596. The minimum atomic E-state index is 0.826. The second-order valence-corrected chi connectivity index (χ2v) is 3.24.